The number of aliphatic hydroxyl groups is 1. The van der Waals surface area contributed by atoms with Gasteiger partial charge < -0.3 is 15.7 Å². The monoisotopic (exact) mass is 422 g/mol. The van der Waals surface area contributed by atoms with Crippen molar-refractivity contribution in [2.45, 2.75) is 57.9 Å². The van der Waals surface area contributed by atoms with Crippen LogP contribution in [0.2, 0.25) is 0 Å². The van der Waals surface area contributed by atoms with E-state index in [0.717, 1.165) is 43.3 Å². The third-order valence-corrected chi connectivity index (χ3v) is 6.28. The van der Waals surface area contributed by atoms with Crippen molar-refractivity contribution in [1.82, 2.24) is 19.6 Å². The zero-order valence-corrected chi connectivity index (χ0v) is 18.1. The molecule has 4 rings (SSSR count). The number of nitrogens with zero attached hydrogens (tertiary/aromatic N) is 4. The van der Waals surface area contributed by atoms with Crippen LogP contribution in [-0.2, 0) is 0 Å². The Hall–Kier alpha value is -3.00. The van der Waals surface area contributed by atoms with Crippen LogP contribution in [0.3, 0.4) is 0 Å². The lowest BCUT2D eigenvalue weighted by Crippen LogP contribution is -2.34. The summed E-state index contributed by atoms with van der Waals surface area (Å²) in [6.45, 7) is 4.44. The van der Waals surface area contributed by atoms with E-state index in [-0.39, 0.29) is 24.5 Å². The van der Waals surface area contributed by atoms with Gasteiger partial charge in [-0.15, -0.1) is 0 Å². The number of amides is 1. The van der Waals surface area contributed by atoms with Crippen LogP contribution in [0.5, 0.6) is 0 Å². The van der Waals surface area contributed by atoms with Gasteiger partial charge in [-0.2, -0.15) is 9.61 Å². The zero-order chi connectivity index (χ0) is 21.8. The molecule has 1 fully saturated rings. The highest BCUT2D eigenvalue weighted by molar-refractivity contribution is 6.03. The number of aromatic nitrogens is 4. The molecule has 0 bridgehead atoms. The molecule has 0 aliphatic heterocycles. The first-order chi connectivity index (χ1) is 15.1. The summed E-state index contributed by atoms with van der Waals surface area (Å²) in [5, 5.41) is 20.8. The van der Waals surface area contributed by atoms with Gasteiger partial charge in [0.05, 0.1) is 11.8 Å². The fourth-order valence-electron chi connectivity index (χ4n) is 4.20. The Bertz CT molecular complexity index is 1040. The van der Waals surface area contributed by atoms with Crippen LogP contribution in [0.25, 0.3) is 5.65 Å². The molecule has 1 aliphatic rings. The van der Waals surface area contributed by atoms with Gasteiger partial charge in [-0.1, -0.05) is 26.7 Å². The lowest BCUT2D eigenvalue weighted by molar-refractivity contribution is 0.102. The number of carbonyl (C=O) groups excluding carboxylic acids is 1. The van der Waals surface area contributed by atoms with Gasteiger partial charge in [0.2, 0.25) is 0 Å². The summed E-state index contributed by atoms with van der Waals surface area (Å²) in [6.07, 6.45) is 10.2. The van der Waals surface area contributed by atoms with Crippen LogP contribution in [0.4, 0.5) is 11.6 Å². The molecule has 0 radical (unpaired) electrons. The molecule has 31 heavy (non-hydrogen) atoms. The maximum atomic E-state index is 12.8. The molecule has 3 aromatic heterocycles. The van der Waals surface area contributed by atoms with Crippen LogP contribution < -0.4 is 10.6 Å². The Morgan fingerprint density at radius 2 is 2.16 bits per heavy atom. The lowest BCUT2D eigenvalue weighted by Gasteiger charge is -2.31. The first kappa shape index (κ1) is 21.2. The molecule has 3 unspecified atom stereocenters. The van der Waals surface area contributed by atoms with Gasteiger partial charge in [0.1, 0.15) is 11.6 Å². The van der Waals surface area contributed by atoms with E-state index >= 15 is 0 Å². The Balaban J connectivity index is 1.71. The second-order valence-electron chi connectivity index (χ2n) is 8.35. The van der Waals surface area contributed by atoms with E-state index in [1.54, 1.807) is 22.8 Å². The largest absolute Gasteiger partial charge is 0.396 e. The van der Waals surface area contributed by atoms with E-state index in [2.05, 4.69) is 34.6 Å². The fraction of sp³-hybridized carbons (Fsp3) is 0.478. The van der Waals surface area contributed by atoms with Crippen LogP contribution >= 0.6 is 0 Å². The average molecular weight is 423 g/mol. The number of carbonyl (C=O) groups is 1. The van der Waals surface area contributed by atoms with Crippen LogP contribution in [0.15, 0.2) is 36.8 Å². The Morgan fingerprint density at radius 1 is 1.32 bits per heavy atom. The maximum absolute atomic E-state index is 12.8. The van der Waals surface area contributed by atoms with E-state index in [9.17, 15) is 9.90 Å². The van der Waals surface area contributed by atoms with Crippen molar-refractivity contribution in [2.24, 2.45) is 5.92 Å². The molecular weight excluding hydrogens is 392 g/mol. The molecule has 0 aromatic carbocycles. The summed E-state index contributed by atoms with van der Waals surface area (Å²) >= 11 is 0. The van der Waals surface area contributed by atoms with Crippen LogP contribution in [-0.4, -0.2) is 43.2 Å². The van der Waals surface area contributed by atoms with Gasteiger partial charge in [-0.25, -0.2) is 4.98 Å². The molecule has 0 saturated heterocycles. The first-order valence-electron chi connectivity index (χ1n) is 11.1. The summed E-state index contributed by atoms with van der Waals surface area (Å²) < 4.78 is 1.69. The summed E-state index contributed by atoms with van der Waals surface area (Å²) in [7, 11) is 0. The number of fused-ring (bicyclic) bond motifs is 1. The van der Waals surface area contributed by atoms with Crippen molar-refractivity contribution in [2.75, 3.05) is 17.2 Å². The van der Waals surface area contributed by atoms with Crippen LogP contribution in [0.1, 0.15) is 67.8 Å². The van der Waals surface area contributed by atoms with Gasteiger partial charge in [0, 0.05) is 42.6 Å². The van der Waals surface area contributed by atoms with Crippen molar-refractivity contribution >= 4 is 23.2 Å². The number of hydrogen-bond donors (Lipinski definition) is 3. The maximum Gasteiger partial charge on any atom is 0.258 e. The molecule has 1 aliphatic carbocycles. The summed E-state index contributed by atoms with van der Waals surface area (Å²) in [4.78, 5) is 21.7. The van der Waals surface area contributed by atoms with Crippen molar-refractivity contribution in [3.05, 3.63) is 47.9 Å². The molecule has 3 atom stereocenters. The Kier molecular flexibility index (Phi) is 6.46. The minimum absolute atomic E-state index is 0.158. The van der Waals surface area contributed by atoms with Gasteiger partial charge >= 0.3 is 0 Å². The molecule has 1 saturated carbocycles. The van der Waals surface area contributed by atoms with Crippen LogP contribution in [0, 0.1) is 5.92 Å². The highest BCUT2D eigenvalue weighted by Crippen LogP contribution is 2.30. The quantitative estimate of drug-likeness (QED) is 0.534. The minimum Gasteiger partial charge on any atom is -0.396 e. The molecule has 3 aromatic rings. The summed E-state index contributed by atoms with van der Waals surface area (Å²) in [5.41, 5.74) is 2.26. The summed E-state index contributed by atoms with van der Waals surface area (Å²) in [6, 6.07) is 5.43. The number of nitrogens with one attached hydrogen (secondary N) is 2. The van der Waals surface area contributed by atoms with E-state index < -0.39 is 0 Å². The fourth-order valence-corrected chi connectivity index (χ4v) is 4.20. The SMILES string of the molecule is CCC(C)c1cnn2c(NC(=O)c3cccnc3)cc(NC3CCCCC3CO)nc12. The smallest absolute Gasteiger partial charge is 0.258 e. The number of anilines is 2. The number of rotatable bonds is 7. The average Bonchev–Trinajstić information content (AvgIpc) is 3.23. The molecule has 3 N–H and O–H groups in total. The van der Waals surface area contributed by atoms with Crippen molar-refractivity contribution < 1.29 is 9.90 Å². The third kappa shape index (κ3) is 4.54. The second-order valence-corrected chi connectivity index (χ2v) is 8.35. The number of pyridine rings is 1. The number of hydrogen-bond acceptors (Lipinski definition) is 6. The summed E-state index contributed by atoms with van der Waals surface area (Å²) in [5.74, 6) is 1.48. The van der Waals surface area contributed by atoms with Crippen molar-refractivity contribution in [3.63, 3.8) is 0 Å². The van der Waals surface area contributed by atoms with Gasteiger partial charge in [-0.05, 0) is 37.3 Å². The van der Waals surface area contributed by atoms with E-state index in [1.807, 2.05) is 12.3 Å². The minimum atomic E-state index is -0.252. The predicted molar refractivity (Wildman–Crippen MR) is 120 cm³/mol. The standard InChI is InChI=1S/C23H30N6O2/c1-3-15(2)18-13-25-29-21(28-23(31)16-8-6-10-24-12-16)11-20(27-22(18)29)26-19-9-5-4-7-17(19)14-30/h6,8,10-13,15,17,19,30H,3-5,7,9,14H2,1-2H3,(H,26,27)(H,28,31). The van der Waals surface area contributed by atoms with Gasteiger partial charge in [0.15, 0.2) is 5.65 Å². The number of aliphatic hydroxyl groups excluding tert-OH is 1. The third-order valence-electron chi connectivity index (χ3n) is 6.28. The van der Waals surface area contributed by atoms with E-state index in [0.29, 0.717) is 23.1 Å². The topological polar surface area (TPSA) is 104 Å². The highest BCUT2D eigenvalue weighted by Gasteiger charge is 2.25. The van der Waals surface area contributed by atoms with E-state index in [4.69, 9.17) is 4.98 Å². The predicted octanol–water partition coefficient (Wildman–Crippen LogP) is 3.85. The molecular formula is C23H30N6O2. The highest BCUT2D eigenvalue weighted by atomic mass is 16.3. The molecule has 1 amide bonds. The molecule has 8 nitrogen and oxygen atoms in total. The first-order valence-corrected chi connectivity index (χ1v) is 11.1. The van der Waals surface area contributed by atoms with Gasteiger partial charge in [-0.3, -0.25) is 9.78 Å². The molecule has 164 valence electrons. The molecule has 8 heteroatoms. The molecule has 3 heterocycles. The normalized spacial score (nSPS) is 19.8. The van der Waals surface area contributed by atoms with Crippen molar-refractivity contribution in [3.8, 4) is 0 Å². The molecule has 0 spiro atoms. The second kappa shape index (κ2) is 9.43. The van der Waals surface area contributed by atoms with Crippen molar-refractivity contribution in [1.29, 1.82) is 0 Å². The zero-order valence-electron chi connectivity index (χ0n) is 18.1. The van der Waals surface area contributed by atoms with Gasteiger partial charge in [0.25, 0.3) is 5.91 Å². The lowest BCUT2D eigenvalue weighted by atomic mass is 9.85. The Labute approximate surface area is 182 Å². The Morgan fingerprint density at radius 3 is 2.90 bits per heavy atom. The van der Waals surface area contributed by atoms with E-state index in [1.165, 1.54) is 6.20 Å².